The van der Waals surface area contributed by atoms with Crippen LogP contribution in [0.15, 0.2) is 53.1 Å². The average Bonchev–Trinajstić information content (AvgIpc) is 2.65. The van der Waals surface area contributed by atoms with Gasteiger partial charge in [0.15, 0.2) is 0 Å². The van der Waals surface area contributed by atoms with Crippen molar-refractivity contribution < 1.29 is 9.53 Å². The molecule has 0 spiro atoms. The van der Waals surface area contributed by atoms with Crippen LogP contribution in [0, 0.1) is 0 Å². The molecular formula is C19H18BrN3O2. The Morgan fingerprint density at radius 2 is 2.08 bits per heavy atom. The van der Waals surface area contributed by atoms with Crippen LogP contribution in [0.5, 0.6) is 0 Å². The minimum absolute atomic E-state index is 0.126. The van der Waals surface area contributed by atoms with Gasteiger partial charge >= 0.3 is 0 Å². The number of hydrogen-bond acceptors (Lipinski definition) is 4. The lowest BCUT2D eigenvalue weighted by Crippen LogP contribution is -2.25. The fraction of sp³-hybridized carbons (Fsp3) is 0.211. The predicted octanol–water partition coefficient (Wildman–Crippen LogP) is 3.83. The second-order valence-electron chi connectivity index (χ2n) is 5.53. The largest absolute Gasteiger partial charge is 0.385 e. The predicted molar refractivity (Wildman–Crippen MR) is 102 cm³/mol. The summed E-state index contributed by atoms with van der Waals surface area (Å²) >= 11 is 3.46. The number of nitrogens with zero attached hydrogens (tertiary/aromatic N) is 2. The summed E-state index contributed by atoms with van der Waals surface area (Å²) < 4.78 is 5.92. The molecule has 25 heavy (non-hydrogen) atoms. The maximum absolute atomic E-state index is 12.7. The minimum Gasteiger partial charge on any atom is -0.385 e. The molecule has 0 saturated carbocycles. The number of carbonyl (C=O) groups is 1. The molecule has 5 nitrogen and oxygen atoms in total. The van der Waals surface area contributed by atoms with Crippen LogP contribution in [0.25, 0.3) is 22.3 Å². The molecule has 0 fully saturated rings. The number of carbonyl (C=O) groups excluding carboxylic acids is 1. The van der Waals surface area contributed by atoms with Crippen LogP contribution in [0.3, 0.4) is 0 Å². The lowest BCUT2D eigenvalue weighted by Gasteiger charge is -2.10. The van der Waals surface area contributed by atoms with Crippen LogP contribution < -0.4 is 5.32 Å². The first-order valence-corrected chi connectivity index (χ1v) is 8.77. The normalized spacial score (nSPS) is 10.8. The van der Waals surface area contributed by atoms with Gasteiger partial charge in [-0.05, 0) is 42.8 Å². The van der Waals surface area contributed by atoms with E-state index in [1.807, 2.05) is 36.4 Å². The summed E-state index contributed by atoms with van der Waals surface area (Å²) in [5, 5.41) is 3.75. The van der Waals surface area contributed by atoms with Crippen molar-refractivity contribution in [2.75, 3.05) is 20.3 Å². The average molecular weight is 400 g/mol. The summed E-state index contributed by atoms with van der Waals surface area (Å²) in [7, 11) is 1.65. The van der Waals surface area contributed by atoms with E-state index >= 15 is 0 Å². The third-order valence-corrected chi connectivity index (χ3v) is 4.25. The Kier molecular flexibility index (Phi) is 5.73. The van der Waals surface area contributed by atoms with E-state index in [1.165, 1.54) is 0 Å². The lowest BCUT2D eigenvalue weighted by molar-refractivity contribution is 0.0950. The van der Waals surface area contributed by atoms with Crippen LogP contribution in [0.2, 0.25) is 0 Å². The molecule has 1 aromatic carbocycles. The van der Waals surface area contributed by atoms with Gasteiger partial charge < -0.3 is 10.1 Å². The summed E-state index contributed by atoms with van der Waals surface area (Å²) in [6.45, 7) is 1.17. The van der Waals surface area contributed by atoms with Crippen LogP contribution in [0.1, 0.15) is 16.8 Å². The molecule has 128 valence electrons. The molecule has 2 aromatic heterocycles. The number of pyridine rings is 2. The van der Waals surface area contributed by atoms with Crippen molar-refractivity contribution in [1.82, 2.24) is 15.3 Å². The van der Waals surface area contributed by atoms with E-state index in [4.69, 9.17) is 4.74 Å². The van der Waals surface area contributed by atoms with Crippen LogP contribution in [-0.4, -0.2) is 36.1 Å². The van der Waals surface area contributed by atoms with E-state index in [9.17, 15) is 4.79 Å². The molecular weight excluding hydrogens is 382 g/mol. The van der Waals surface area contributed by atoms with E-state index in [0.29, 0.717) is 24.4 Å². The third kappa shape index (κ3) is 4.21. The summed E-state index contributed by atoms with van der Waals surface area (Å²) in [6, 6.07) is 13.2. The molecule has 0 saturated heterocycles. The number of halogens is 1. The van der Waals surface area contributed by atoms with Gasteiger partial charge in [0.05, 0.1) is 22.5 Å². The molecule has 2 heterocycles. The quantitative estimate of drug-likeness (QED) is 0.639. The molecule has 3 aromatic rings. The number of benzene rings is 1. The van der Waals surface area contributed by atoms with Crippen LogP contribution in [0.4, 0.5) is 0 Å². The smallest absolute Gasteiger partial charge is 0.252 e. The van der Waals surface area contributed by atoms with Gasteiger partial charge in [0.25, 0.3) is 5.91 Å². The second kappa shape index (κ2) is 8.18. The topological polar surface area (TPSA) is 64.1 Å². The van der Waals surface area contributed by atoms with Crippen molar-refractivity contribution in [3.63, 3.8) is 0 Å². The lowest BCUT2D eigenvalue weighted by atomic mass is 10.1. The van der Waals surface area contributed by atoms with E-state index in [-0.39, 0.29) is 5.91 Å². The highest BCUT2D eigenvalue weighted by Gasteiger charge is 2.14. The van der Waals surface area contributed by atoms with Crippen molar-refractivity contribution in [2.24, 2.45) is 0 Å². The Labute approximate surface area is 154 Å². The zero-order valence-corrected chi connectivity index (χ0v) is 15.4. The first-order chi connectivity index (χ1) is 12.2. The highest BCUT2D eigenvalue weighted by atomic mass is 79.9. The van der Waals surface area contributed by atoms with Gasteiger partial charge in [0.1, 0.15) is 0 Å². The molecule has 0 unspecified atom stereocenters. The number of amides is 1. The van der Waals surface area contributed by atoms with Gasteiger partial charge in [-0.2, -0.15) is 0 Å². The summed E-state index contributed by atoms with van der Waals surface area (Å²) in [4.78, 5) is 21.7. The number of fused-ring (bicyclic) bond motifs is 1. The van der Waals surface area contributed by atoms with Crippen molar-refractivity contribution in [3.05, 3.63) is 58.7 Å². The molecule has 1 N–H and O–H groups in total. The Bertz CT molecular complexity index is 884. The number of aromatic nitrogens is 2. The SMILES string of the molecule is COCCCNC(=O)c1cc(-c2ccccn2)nc2ccc(Br)cc12. The molecule has 6 heteroatoms. The number of hydrogen-bond donors (Lipinski definition) is 1. The maximum atomic E-state index is 12.7. The van der Waals surface area contributed by atoms with E-state index in [2.05, 4.69) is 31.2 Å². The standard InChI is InChI=1S/C19H18BrN3O2/c1-25-10-4-9-22-19(24)15-12-18(17-5-2-3-8-21-17)23-16-7-6-13(20)11-14(15)16/h2-3,5-8,11-12H,4,9-10H2,1H3,(H,22,24). The third-order valence-electron chi connectivity index (χ3n) is 3.75. The van der Waals surface area contributed by atoms with Gasteiger partial charge in [-0.15, -0.1) is 0 Å². The molecule has 0 atom stereocenters. The Balaban J connectivity index is 2.01. The fourth-order valence-corrected chi connectivity index (χ4v) is 2.91. The monoisotopic (exact) mass is 399 g/mol. The Morgan fingerprint density at radius 1 is 1.20 bits per heavy atom. The first kappa shape index (κ1) is 17.5. The molecule has 0 radical (unpaired) electrons. The van der Waals surface area contributed by atoms with Crippen molar-refractivity contribution in [1.29, 1.82) is 0 Å². The second-order valence-corrected chi connectivity index (χ2v) is 6.45. The minimum atomic E-state index is -0.126. The van der Waals surface area contributed by atoms with Crippen LogP contribution in [-0.2, 0) is 4.74 Å². The summed E-state index contributed by atoms with van der Waals surface area (Å²) in [5.74, 6) is -0.126. The number of nitrogens with one attached hydrogen (secondary N) is 1. The van der Waals surface area contributed by atoms with Crippen molar-refractivity contribution in [2.45, 2.75) is 6.42 Å². The highest BCUT2D eigenvalue weighted by molar-refractivity contribution is 9.10. The number of ether oxygens (including phenoxy) is 1. The van der Waals surface area contributed by atoms with Crippen molar-refractivity contribution in [3.8, 4) is 11.4 Å². The zero-order chi connectivity index (χ0) is 17.6. The molecule has 0 aliphatic carbocycles. The number of rotatable bonds is 6. The molecule has 1 amide bonds. The number of methoxy groups -OCH3 is 1. The molecule has 3 rings (SSSR count). The molecule has 0 aliphatic heterocycles. The van der Waals surface area contributed by atoms with E-state index in [1.54, 1.807) is 19.4 Å². The van der Waals surface area contributed by atoms with Crippen molar-refractivity contribution >= 4 is 32.7 Å². The van der Waals surface area contributed by atoms with Gasteiger partial charge in [-0.3, -0.25) is 9.78 Å². The van der Waals surface area contributed by atoms with E-state index < -0.39 is 0 Å². The molecule has 0 aliphatic rings. The van der Waals surface area contributed by atoms with Gasteiger partial charge in [0, 0.05) is 36.3 Å². The maximum Gasteiger partial charge on any atom is 0.252 e. The zero-order valence-electron chi connectivity index (χ0n) is 13.8. The first-order valence-electron chi connectivity index (χ1n) is 7.98. The Hall–Kier alpha value is -2.31. The molecule has 0 bridgehead atoms. The van der Waals surface area contributed by atoms with Gasteiger partial charge in [-0.25, -0.2) is 4.98 Å². The summed E-state index contributed by atoms with van der Waals surface area (Å²) in [6.07, 6.45) is 2.48. The fourth-order valence-electron chi connectivity index (χ4n) is 2.55. The van der Waals surface area contributed by atoms with Gasteiger partial charge in [-0.1, -0.05) is 22.0 Å². The highest BCUT2D eigenvalue weighted by Crippen LogP contribution is 2.26. The summed E-state index contributed by atoms with van der Waals surface area (Å²) in [5.41, 5.74) is 2.76. The van der Waals surface area contributed by atoms with Gasteiger partial charge in [0.2, 0.25) is 0 Å². The van der Waals surface area contributed by atoms with Crippen LogP contribution >= 0.6 is 15.9 Å². The van der Waals surface area contributed by atoms with E-state index in [0.717, 1.165) is 27.5 Å². The Morgan fingerprint density at radius 3 is 2.84 bits per heavy atom.